The fourth-order valence-corrected chi connectivity index (χ4v) is 6.82. The van der Waals surface area contributed by atoms with Crippen molar-refractivity contribution in [1.82, 2.24) is 0 Å². The van der Waals surface area contributed by atoms with E-state index in [0.29, 0.717) is 24.2 Å². The first-order valence-electron chi connectivity index (χ1n) is 9.42. The van der Waals surface area contributed by atoms with Crippen LogP contribution in [0.4, 0.5) is 0 Å². The molecule has 0 aromatic heterocycles. The van der Waals surface area contributed by atoms with Crippen molar-refractivity contribution >= 4 is 5.78 Å². The van der Waals surface area contributed by atoms with Gasteiger partial charge in [-0.3, -0.25) is 4.79 Å². The third-order valence-corrected chi connectivity index (χ3v) is 8.18. The molecule has 4 aliphatic carbocycles. The van der Waals surface area contributed by atoms with Gasteiger partial charge in [0.25, 0.3) is 0 Å². The number of hydrogen-bond acceptors (Lipinski definition) is 3. The van der Waals surface area contributed by atoms with E-state index in [2.05, 4.69) is 19.9 Å². The third kappa shape index (κ3) is 1.92. The molecule has 0 saturated heterocycles. The predicted octanol–water partition coefficient (Wildman–Crippen LogP) is 4.71. The van der Waals surface area contributed by atoms with Crippen molar-refractivity contribution in [3.8, 4) is 6.07 Å². The van der Waals surface area contributed by atoms with Gasteiger partial charge in [-0.2, -0.15) is 5.26 Å². The minimum atomic E-state index is 0.0114. The van der Waals surface area contributed by atoms with Crippen LogP contribution in [0, 0.1) is 45.8 Å². The van der Waals surface area contributed by atoms with Gasteiger partial charge in [-0.1, -0.05) is 13.8 Å². The Morgan fingerprint density at radius 2 is 2.04 bits per heavy atom. The Kier molecular flexibility index (Phi) is 3.46. The lowest BCUT2D eigenvalue weighted by molar-refractivity contribution is -0.117. The lowest BCUT2D eigenvalue weighted by Gasteiger charge is -2.58. The number of aliphatic hydroxyl groups excluding tert-OH is 1. The molecule has 0 aromatic carbocycles. The van der Waals surface area contributed by atoms with Gasteiger partial charge in [0.05, 0.1) is 18.2 Å². The maximum Gasteiger partial charge on any atom is 0.156 e. The molecule has 0 spiro atoms. The third-order valence-electron chi connectivity index (χ3n) is 8.18. The van der Waals surface area contributed by atoms with Crippen LogP contribution in [0.15, 0.2) is 23.5 Å². The summed E-state index contributed by atoms with van der Waals surface area (Å²) in [5.41, 5.74) is 2.22. The summed E-state index contributed by atoms with van der Waals surface area (Å²) in [5.74, 6) is 2.08. The van der Waals surface area contributed by atoms with E-state index in [-0.39, 0.29) is 22.5 Å². The Morgan fingerprint density at radius 3 is 2.75 bits per heavy atom. The van der Waals surface area contributed by atoms with Gasteiger partial charge >= 0.3 is 0 Å². The predicted molar refractivity (Wildman–Crippen MR) is 91.9 cm³/mol. The second kappa shape index (κ2) is 5.22. The van der Waals surface area contributed by atoms with Gasteiger partial charge in [0, 0.05) is 6.42 Å². The highest BCUT2D eigenvalue weighted by Crippen LogP contribution is 2.67. The molecule has 4 aliphatic rings. The summed E-state index contributed by atoms with van der Waals surface area (Å²) in [4.78, 5) is 12.0. The van der Waals surface area contributed by atoms with Crippen molar-refractivity contribution in [3.63, 3.8) is 0 Å². The minimum absolute atomic E-state index is 0.0114. The Bertz CT molecular complexity index is 684. The lowest BCUT2D eigenvalue weighted by Crippen LogP contribution is -2.51. The molecule has 0 aromatic rings. The molecule has 0 unspecified atom stereocenters. The van der Waals surface area contributed by atoms with E-state index in [4.69, 9.17) is 0 Å². The summed E-state index contributed by atoms with van der Waals surface area (Å²) in [6.45, 7) is 4.64. The fraction of sp³-hybridized carbons (Fsp3) is 0.714. The maximum atomic E-state index is 12.0. The molecular weight excluding hydrogens is 298 g/mol. The monoisotopic (exact) mass is 325 g/mol. The van der Waals surface area contributed by atoms with E-state index >= 15 is 0 Å². The van der Waals surface area contributed by atoms with E-state index in [1.165, 1.54) is 6.26 Å². The van der Waals surface area contributed by atoms with Crippen LogP contribution >= 0.6 is 0 Å². The molecular formula is C21H27NO2. The molecule has 128 valence electrons. The number of hydrogen-bond donors (Lipinski definition) is 1. The van der Waals surface area contributed by atoms with Crippen LogP contribution in [0.5, 0.6) is 0 Å². The first kappa shape index (κ1) is 15.9. The summed E-state index contributed by atoms with van der Waals surface area (Å²) >= 11 is 0. The molecule has 4 rings (SSSR count). The zero-order valence-electron chi connectivity index (χ0n) is 14.7. The number of rotatable bonds is 0. The molecule has 1 N–H and O–H groups in total. The van der Waals surface area contributed by atoms with Crippen molar-refractivity contribution in [1.29, 1.82) is 5.26 Å². The number of allylic oxidation sites excluding steroid dienone is 2. The zero-order chi connectivity index (χ0) is 17.1. The molecule has 3 fully saturated rings. The van der Waals surface area contributed by atoms with Crippen molar-refractivity contribution in [2.75, 3.05) is 0 Å². The number of ketones is 1. The second-order valence-electron chi connectivity index (χ2n) is 8.98. The normalized spacial score (nSPS) is 49.0. The van der Waals surface area contributed by atoms with Crippen LogP contribution in [0.1, 0.15) is 58.8 Å². The van der Waals surface area contributed by atoms with Gasteiger partial charge in [-0.05, 0) is 84.3 Å². The van der Waals surface area contributed by atoms with Crippen LogP contribution < -0.4 is 0 Å². The van der Waals surface area contributed by atoms with Crippen LogP contribution in [-0.4, -0.2) is 10.9 Å². The number of nitrogens with zero attached hydrogens (tertiary/aromatic N) is 1. The summed E-state index contributed by atoms with van der Waals surface area (Å²) in [6.07, 6.45) is 9.91. The summed E-state index contributed by atoms with van der Waals surface area (Å²) in [6, 6.07) is 2.58. The highest BCUT2D eigenvalue weighted by atomic mass is 16.2. The van der Waals surface area contributed by atoms with E-state index in [1.807, 2.05) is 6.08 Å². The van der Waals surface area contributed by atoms with Gasteiger partial charge in [0.15, 0.2) is 5.78 Å². The number of carbonyl (C=O) groups is 1. The average molecular weight is 325 g/mol. The molecule has 24 heavy (non-hydrogen) atoms. The molecule has 0 bridgehead atoms. The number of carbonyl (C=O) groups excluding carboxylic acids is 1. The standard InChI is InChI=1S/C21H27NO2/c1-20-8-6-18-16(17(20)4-3-14(20)11-22)9-13(12-23)19-10-15(24)5-7-21(18,19)2/h10,12,14,16-18,23H,3-9H2,1-2H3/b13-12+/t14-,16+,17+,18+,20-,21-/m1/s1. The van der Waals surface area contributed by atoms with Gasteiger partial charge in [0.1, 0.15) is 0 Å². The summed E-state index contributed by atoms with van der Waals surface area (Å²) in [5, 5.41) is 19.4. The zero-order valence-corrected chi connectivity index (χ0v) is 14.7. The van der Waals surface area contributed by atoms with Crippen LogP contribution in [-0.2, 0) is 4.79 Å². The number of aliphatic hydroxyl groups is 1. The Morgan fingerprint density at radius 1 is 1.25 bits per heavy atom. The van der Waals surface area contributed by atoms with Crippen molar-refractivity contribution in [2.24, 2.45) is 34.5 Å². The van der Waals surface area contributed by atoms with Gasteiger partial charge in [-0.15, -0.1) is 0 Å². The quantitative estimate of drug-likeness (QED) is 0.656. The first-order chi connectivity index (χ1) is 11.4. The largest absolute Gasteiger partial charge is 0.515 e. The van der Waals surface area contributed by atoms with Crippen molar-refractivity contribution in [3.05, 3.63) is 23.5 Å². The highest BCUT2D eigenvalue weighted by molar-refractivity contribution is 5.92. The van der Waals surface area contributed by atoms with Crippen LogP contribution in [0.3, 0.4) is 0 Å². The Hall–Kier alpha value is -1.56. The molecule has 3 nitrogen and oxygen atoms in total. The molecule has 0 heterocycles. The molecule has 6 atom stereocenters. The Balaban J connectivity index is 1.77. The second-order valence-corrected chi connectivity index (χ2v) is 8.98. The van der Waals surface area contributed by atoms with Gasteiger partial charge in [-0.25, -0.2) is 0 Å². The van der Waals surface area contributed by atoms with E-state index in [0.717, 1.165) is 49.7 Å². The number of fused-ring (bicyclic) bond motifs is 5. The summed E-state index contributed by atoms with van der Waals surface area (Å²) in [7, 11) is 0. The first-order valence-corrected chi connectivity index (χ1v) is 9.42. The minimum Gasteiger partial charge on any atom is -0.515 e. The van der Waals surface area contributed by atoms with Crippen LogP contribution in [0.25, 0.3) is 0 Å². The molecule has 0 amide bonds. The van der Waals surface area contributed by atoms with Crippen molar-refractivity contribution < 1.29 is 9.90 Å². The fourth-order valence-electron chi connectivity index (χ4n) is 6.82. The van der Waals surface area contributed by atoms with E-state index < -0.39 is 0 Å². The average Bonchev–Trinajstić information content (AvgIpc) is 2.91. The smallest absolute Gasteiger partial charge is 0.156 e. The van der Waals surface area contributed by atoms with Crippen LogP contribution in [0.2, 0.25) is 0 Å². The topological polar surface area (TPSA) is 61.1 Å². The van der Waals surface area contributed by atoms with Gasteiger partial charge < -0.3 is 5.11 Å². The van der Waals surface area contributed by atoms with E-state index in [9.17, 15) is 15.2 Å². The lowest BCUT2D eigenvalue weighted by atomic mass is 9.46. The van der Waals surface area contributed by atoms with Crippen molar-refractivity contribution in [2.45, 2.75) is 58.8 Å². The van der Waals surface area contributed by atoms with Gasteiger partial charge in [0.2, 0.25) is 0 Å². The molecule has 3 saturated carbocycles. The number of nitriles is 1. The maximum absolute atomic E-state index is 12.0. The highest BCUT2D eigenvalue weighted by Gasteiger charge is 2.59. The molecule has 0 radical (unpaired) electrons. The van der Waals surface area contributed by atoms with E-state index in [1.54, 1.807) is 0 Å². The SMILES string of the molecule is C[C@]12CC[C@H]3[C@@H](C/C(=C\O)C4=CC(=O)CC[C@@]43C)[C@@H]1CC[C@@H]2C#N. The Labute approximate surface area is 144 Å². The summed E-state index contributed by atoms with van der Waals surface area (Å²) < 4.78 is 0. The molecule has 0 aliphatic heterocycles. The molecule has 3 heteroatoms.